The van der Waals surface area contributed by atoms with Crippen LogP contribution in [0.3, 0.4) is 0 Å². The van der Waals surface area contributed by atoms with E-state index in [-0.39, 0.29) is 11.9 Å². The number of hydrogen-bond donors (Lipinski definition) is 1. The van der Waals surface area contributed by atoms with E-state index in [1.807, 2.05) is 26.1 Å². The molecule has 0 aromatic carbocycles. The number of nitrogens with zero attached hydrogens (tertiary/aromatic N) is 3. The first-order valence-corrected chi connectivity index (χ1v) is 10.1. The van der Waals surface area contributed by atoms with E-state index in [0.29, 0.717) is 17.4 Å². The molecule has 6 nitrogen and oxygen atoms in total. The van der Waals surface area contributed by atoms with Gasteiger partial charge < -0.3 is 14.6 Å². The predicted molar refractivity (Wildman–Crippen MR) is 112 cm³/mol. The minimum absolute atomic E-state index is 0.0261. The molecule has 0 atom stereocenters. The smallest absolute Gasteiger partial charge is 0.255 e. The van der Waals surface area contributed by atoms with E-state index in [4.69, 9.17) is 4.42 Å². The van der Waals surface area contributed by atoms with Crippen LogP contribution in [-0.4, -0.2) is 48.0 Å². The fraction of sp³-hybridized carbons (Fsp3) is 0.545. The van der Waals surface area contributed by atoms with Gasteiger partial charge in [0.15, 0.2) is 0 Å². The summed E-state index contributed by atoms with van der Waals surface area (Å²) in [7, 11) is 2.07. The molecule has 1 fully saturated rings. The van der Waals surface area contributed by atoms with Crippen LogP contribution in [0.5, 0.6) is 0 Å². The second kappa shape index (κ2) is 8.78. The van der Waals surface area contributed by atoms with Crippen LogP contribution in [-0.2, 0) is 6.54 Å². The maximum absolute atomic E-state index is 12.5. The number of aryl methyl sites for hydroxylation is 2. The van der Waals surface area contributed by atoms with Gasteiger partial charge in [0, 0.05) is 45.0 Å². The lowest BCUT2D eigenvalue weighted by Gasteiger charge is -2.32. The average Bonchev–Trinajstić information content (AvgIpc) is 3.01. The Hall–Kier alpha value is -2.34. The lowest BCUT2D eigenvalue weighted by atomic mass is 10.0. The van der Waals surface area contributed by atoms with Gasteiger partial charge in [-0.2, -0.15) is 0 Å². The highest BCUT2D eigenvalue weighted by Gasteiger charge is 2.23. The number of nitrogens with one attached hydrogen (secondary N) is 1. The number of anilines is 1. The van der Waals surface area contributed by atoms with Crippen molar-refractivity contribution in [2.45, 2.75) is 59.2 Å². The fourth-order valence-electron chi connectivity index (χ4n) is 3.60. The molecular weight excluding hydrogens is 352 g/mol. The Kier molecular flexibility index (Phi) is 6.39. The minimum atomic E-state index is -0.0261. The van der Waals surface area contributed by atoms with Crippen LogP contribution in [0.1, 0.15) is 54.1 Å². The first-order valence-electron chi connectivity index (χ1n) is 10.1. The van der Waals surface area contributed by atoms with Crippen LogP contribution in [0, 0.1) is 13.8 Å². The molecule has 0 bridgehead atoms. The van der Waals surface area contributed by atoms with E-state index in [0.717, 1.165) is 44.1 Å². The van der Waals surface area contributed by atoms with Gasteiger partial charge in [-0.15, -0.1) is 0 Å². The summed E-state index contributed by atoms with van der Waals surface area (Å²) in [4.78, 5) is 21.7. The lowest BCUT2D eigenvalue weighted by molar-refractivity contribution is 0.0907. The molecule has 1 N–H and O–H groups in total. The molecule has 1 amide bonds. The van der Waals surface area contributed by atoms with Crippen LogP contribution in [0.25, 0.3) is 0 Å². The zero-order valence-corrected chi connectivity index (χ0v) is 17.7. The monoisotopic (exact) mass is 384 g/mol. The van der Waals surface area contributed by atoms with Crippen molar-refractivity contribution >= 4 is 11.7 Å². The number of amides is 1. The molecule has 28 heavy (non-hydrogen) atoms. The van der Waals surface area contributed by atoms with Gasteiger partial charge in [0.2, 0.25) is 0 Å². The molecule has 1 aliphatic rings. The Bertz CT molecular complexity index is 789. The standard InChI is InChI=1S/C22H32N4O2/c1-15(2)25(5)21-7-6-18(13-23-21)14-26-10-8-19(9-11-26)24-22(27)20-12-16(3)28-17(20)4/h6-7,12-13,15,19H,8-11,14H2,1-5H3,(H,24,27). The van der Waals surface area contributed by atoms with E-state index in [1.54, 1.807) is 0 Å². The van der Waals surface area contributed by atoms with Gasteiger partial charge in [-0.3, -0.25) is 9.69 Å². The number of carbonyl (C=O) groups is 1. The van der Waals surface area contributed by atoms with E-state index in [2.05, 4.69) is 53.1 Å². The molecule has 3 heterocycles. The van der Waals surface area contributed by atoms with Gasteiger partial charge in [-0.05, 0) is 58.2 Å². The molecule has 1 saturated heterocycles. The number of aromatic nitrogens is 1. The number of piperidine rings is 1. The Balaban J connectivity index is 1.47. The molecular formula is C22H32N4O2. The highest BCUT2D eigenvalue weighted by atomic mass is 16.3. The van der Waals surface area contributed by atoms with Gasteiger partial charge in [-0.1, -0.05) is 6.07 Å². The molecule has 0 saturated carbocycles. The summed E-state index contributed by atoms with van der Waals surface area (Å²) in [6, 6.07) is 6.73. The van der Waals surface area contributed by atoms with Gasteiger partial charge in [0.05, 0.1) is 5.56 Å². The van der Waals surface area contributed by atoms with Crippen LogP contribution in [0.4, 0.5) is 5.82 Å². The molecule has 0 unspecified atom stereocenters. The molecule has 3 rings (SSSR count). The van der Waals surface area contributed by atoms with E-state index >= 15 is 0 Å². The van der Waals surface area contributed by atoms with Crippen molar-refractivity contribution in [3.63, 3.8) is 0 Å². The summed E-state index contributed by atoms with van der Waals surface area (Å²) in [5, 5.41) is 3.16. The van der Waals surface area contributed by atoms with Gasteiger partial charge in [0.25, 0.3) is 5.91 Å². The summed E-state index contributed by atoms with van der Waals surface area (Å²) < 4.78 is 5.47. The van der Waals surface area contributed by atoms with Crippen LogP contribution in [0.2, 0.25) is 0 Å². The summed E-state index contributed by atoms with van der Waals surface area (Å²) in [6.45, 7) is 10.9. The second-order valence-corrected chi connectivity index (χ2v) is 8.08. The van der Waals surface area contributed by atoms with Crippen molar-refractivity contribution in [2.75, 3.05) is 25.0 Å². The molecule has 152 valence electrons. The second-order valence-electron chi connectivity index (χ2n) is 8.08. The quantitative estimate of drug-likeness (QED) is 0.826. The topological polar surface area (TPSA) is 61.6 Å². The zero-order chi connectivity index (χ0) is 20.3. The predicted octanol–water partition coefficient (Wildman–Crippen LogP) is 3.53. The first-order chi connectivity index (χ1) is 13.3. The third-order valence-corrected chi connectivity index (χ3v) is 5.56. The van der Waals surface area contributed by atoms with E-state index < -0.39 is 0 Å². The first kappa shape index (κ1) is 20.4. The average molecular weight is 385 g/mol. The molecule has 0 spiro atoms. The highest BCUT2D eigenvalue weighted by Crippen LogP contribution is 2.18. The maximum atomic E-state index is 12.5. The molecule has 0 radical (unpaired) electrons. The van der Waals surface area contributed by atoms with Crippen LogP contribution >= 0.6 is 0 Å². The summed E-state index contributed by atoms with van der Waals surface area (Å²) >= 11 is 0. The largest absolute Gasteiger partial charge is 0.466 e. The minimum Gasteiger partial charge on any atom is -0.466 e. The van der Waals surface area contributed by atoms with Crippen LogP contribution in [0.15, 0.2) is 28.8 Å². The van der Waals surface area contributed by atoms with Crippen molar-refractivity contribution in [1.29, 1.82) is 0 Å². The Morgan fingerprint density at radius 3 is 2.57 bits per heavy atom. The number of hydrogen-bond acceptors (Lipinski definition) is 5. The molecule has 2 aromatic rings. The van der Waals surface area contributed by atoms with Crippen molar-refractivity contribution in [2.24, 2.45) is 0 Å². The summed E-state index contributed by atoms with van der Waals surface area (Å²) in [5.41, 5.74) is 1.88. The summed E-state index contributed by atoms with van der Waals surface area (Å²) in [6.07, 6.45) is 3.90. The van der Waals surface area contributed by atoms with E-state index in [1.165, 1.54) is 5.56 Å². The number of carbonyl (C=O) groups excluding carboxylic acids is 1. The number of likely N-dealkylation sites (tertiary alicyclic amines) is 1. The molecule has 2 aromatic heterocycles. The van der Waals surface area contributed by atoms with E-state index in [9.17, 15) is 4.79 Å². The fourth-order valence-corrected chi connectivity index (χ4v) is 3.60. The third-order valence-electron chi connectivity index (χ3n) is 5.56. The SMILES string of the molecule is Cc1cc(C(=O)NC2CCN(Cc3ccc(N(C)C(C)C)nc3)CC2)c(C)o1. The van der Waals surface area contributed by atoms with Gasteiger partial charge in [0.1, 0.15) is 17.3 Å². The maximum Gasteiger partial charge on any atom is 0.255 e. The molecule has 6 heteroatoms. The number of pyridine rings is 1. The Morgan fingerprint density at radius 2 is 2.04 bits per heavy atom. The van der Waals surface area contributed by atoms with Gasteiger partial charge >= 0.3 is 0 Å². The normalized spacial score (nSPS) is 15.8. The van der Waals surface area contributed by atoms with Crippen molar-refractivity contribution in [3.05, 3.63) is 47.0 Å². The number of rotatable bonds is 6. The third kappa shape index (κ3) is 4.93. The van der Waals surface area contributed by atoms with Crippen molar-refractivity contribution < 1.29 is 9.21 Å². The molecule has 1 aliphatic heterocycles. The number of furan rings is 1. The zero-order valence-electron chi connectivity index (χ0n) is 17.7. The van der Waals surface area contributed by atoms with Crippen LogP contribution < -0.4 is 10.2 Å². The Labute approximate surface area is 167 Å². The summed E-state index contributed by atoms with van der Waals surface area (Å²) in [5.74, 6) is 2.44. The van der Waals surface area contributed by atoms with Gasteiger partial charge in [-0.25, -0.2) is 4.98 Å². The molecule has 0 aliphatic carbocycles. The highest BCUT2D eigenvalue weighted by molar-refractivity contribution is 5.95. The van der Waals surface area contributed by atoms with Crippen molar-refractivity contribution in [3.8, 4) is 0 Å². The lowest BCUT2D eigenvalue weighted by Crippen LogP contribution is -2.44. The van der Waals surface area contributed by atoms with Crippen molar-refractivity contribution in [1.82, 2.24) is 15.2 Å². The Morgan fingerprint density at radius 1 is 1.32 bits per heavy atom.